The fourth-order valence-electron chi connectivity index (χ4n) is 3.47. The Labute approximate surface area is 152 Å². The number of aromatic nitrogens is 3. The molecule has 1 aliphatic rings. The number of hydrogen-bond donors (Lipinski definition) is 1. The van der Waals surface area contributed by atoms with Gasteiger partial charge in [0.25, 0.3) is 11.5 Å². The summed E-state index contributed by atoms with van der Waals surface area (Å²) in [5, 5.41) is 10.9. The maximum absolute atomic E-state index is 12.4. The van der Waals surface area contributed by atoms with Gasteiger partial charge in [0.2, 0.25) is 0 Å². The van der Waals surface area contributed by atoms with Crippen molar-refractivity contribution in [3.8, 4) is 0 Å². The average molecular weight is 359 g/mol. The molecule has 1 atom stereocenters. The van der Waals surface area contributed by atoms with E-state index in [9.17, 15) is 9.59 Å². The first kappa shape index (κ1) is 18.3. The van der Waals surface area contributed by atoms with Crippen LogP contribution in [0.15, 0.2) is 27.6 Å². The van der Waals surface area contributed by atoms with Crippen LogP contribution in [0.1, 0.15) is 41.1 Å². The van der Waals surface area contributed by atoms with Crippen molar-refractivity contribution in [2.24, 2.45) is 0 Å². The Morgan fingerprint density at radius 3 is 2.92 bits per heavy atom. The molecule has 1 aliphatic heterocycles. The van der Waals surface area contributed by atoms with Gasteiger partial charge in [-0.2, -0.15) is 5.10 Å². The van der Waals surface area contributed by atoms with E-state index in [4.69, 9.17) is 4.52 Å². The normalized spacial score (nSPS) is 18.0. The van der Waals surface area contributed by atoms with Gasteiger partial charge in [-0.3, -0.25) is 14.5 Å². The van der Waals surface area contributed by atoms with Crippen LogP contribution in [0, 0.1) is 13.8 Å². The van der Waals surface area contributed by atoms with E-state index >= 15 is 0 Å². The molecule has 26 heavy (non-hydrogen) atoms. The summed E-state index contributed by atoms with van der Waals surface area (Å²) in [7, 11) is 0. The predicted octanol–water partition coefficient (Wildman–Crippen LogP) is 1.13. The van der Waals surface area contributed by atoms with Crippen LogP contribution in [-0.2, 0) is 6.54 Å². The largest absolute Gasteiger partial charge is 0.361 e. The van der Waals surface area contributed by atoms with E-state index in [1.807, 2.05) is 0 Å². The Morgan fingerprint density at radius 2 is 2.19 bits per heavy atom. The Bertz CT molecular complexity index is 794. The summed E-state index contributed by atoms with van der Waals surface area (Å²) in [5.41, 5.74) is 1.04. The summed E-state index contributed by atoms with van der Waals surface area (Å²) in [6.45, 7) is 6.33. The van der Waals surface area contributed by atoms with Gasteiger partial charge < -0.3 is 9.84 Å². The van der Waals surface area contributed by atoms with Gasteiger partial charge in [0, 0.05) is 31.4 Å². The zero-order valence-electron chi connectivity index (χ0n) is 15.3. The number of rotatable bonds is 6. The Balaban J connectivity index is 1.58. The topological polar surface area (TPSA) is 93.3 Å². The number of amides is 1. The highest BCUT2D eigenvalue weighted by atomic mass is 16.5. The average Bonchev–Trinajstić information content (AvgIpc) is 2.98. The molecule has 1 saturated heterocycles. The van der Waals surface area contributed by atoms with E-state index in [1.165, 1.54) is 10.7 Å². The summed E-state index contributed by atoms with van der Waals surface area (Å²) in [5.74, 6) is 0.391. The molecule has 2 aromatic heterocycles. The lowest BCUT2D eigenvalue weighted by atomic mass is 10.0. The van der Waals surface area contributed by atoms with Crippen molar-refractivity contribution >= 4 is 5.91 Å². The fourth-order valence-corrected chi connectivity index (χ4v) is 3.47. The molecule has 0 spiro atoms. The van der Waals surface area contributed by atoms with Gasteiger partial charge in [0.15, 0.2) is 0 Å². The smallest absolute Gasteiger partial charge is 0.266 e. The van der Waals surface area contributed by atoms with Crippen LogP contribution in [0.4, 0.5) is 0 Å². The molecular weight excluding hydrogens is 334 g/mol. The lowest BCUT2D eigenvalue weighted by Gasteiger charge is -2.35. The maximum Gasteiger partial charge on any atom is 0.266 e. The number of nitrogens with one attached hydrogen (secondary N) is 1. The van der Waals surface area contributed by atoms with E-state index < -0.39 is 0 Å². The SMILES string of the molecule is Cc1noc(C)c1C(=O)NCC1CCCCN1CCn1ncccc1=O. The van der Waals surface area contributed by atoms with Crippen molar-refractivity contribution in [2.75, 3.05) is 19.6 Å². The highest BCUT2D eigenvalue weighted by molar-refractivity contribution is 5.96. The zero-order chi connectivity index (χ0) is 18.5. The molecule has 2 aromatic rings. The first-order valence-corrected chi connectivity index (χ1v) is 9.03. The second-order valence-electron chi connectivity index (χ2n) is 6.68. The molecule has 140 valence electrons. The third-order valence-corrected chi connectivity index (χ3v) is 4.89. The van der Waals surface area contributed by atoms with Crippen molar-refractivity contribution in [3.05, 3.63) is 45.7 Å². The molecule has 0 bridgehead atoms. The number of aryl methyl sites for hydroxylation is 2. The predicted molar refractivity (Wildman–Crippen MR) is 96.0 cm³/mol. The van der Waals surface area contributed by atoms with Crippen LogP contribution < -0.4 is 10.9 Å². The minimum atomic E-state index is -0.146. The number of carbonyl (C=O) groups is 1. The Morgan fingerprint density at radius 1 is 1.35 bits per heavy atom. The summed E-state index contributed by atoms with van der Waals surface area (Å²) in [6.07, 6.45) is 4.93. The minimum absolute atomic E-state index is 0.0900. The van der Waals surface area contributed by atoms with E-state index in [0.717, 1.165) is 32.4 Å². The van der Waals surface area contributed by atoms with Gasteiger partial charge in [-0.25, -0.2) is 4.68 Å². The summed E-state index contributed by atoms with van der Waals surface area (Å²) >= 11 is 0. The van der Waals surface area contributed by atoms with Crippen molar-refractivity contribution in [1.29, 1.82) is 0 Å². The monoisotopic (exact) mass is 359 g/mol. The van der Waals surface area contributed by atoms with Crippen LogP contribution in [0.2, 0.25) is 0 Å². The molecule has 8 nitrogen and oxygen atoms in total. The van der Waals surface area contributed by atoms with Gasteiger partial charge in [-0.05, 0) is 39.3 Å². The molecular formula is C18H25N5O3. The van der Waals surface area contributed by atoms with Gasteiger partial charge in [0.1, 0.15) is 11.3 Å². The molecule has 3 heterocycles. The standard InChI is InChI=1S/C18H25N5O3/c1-13-17(14(2)26-21-13)18(25)19-12-15-6-3-4-9-22(15)10-11-23-16(24)7-5-8-20-23/h5,7-8,15H,3-4,6,9-12H2,1-2H3,(H,19,25). The first-order valence-electron chi connectivity index (χ1n) is 9.03. The summed E-state index contributed by atoms with van der Waals surface area (Å²) < 4.78 is 6.55. The van der Waals surface area contributed by atoms with E-state index in [-0.39, 0.29) is 17.5 Å². The third kappa shape index (κ3) is 4.19. The van der Waals surface area contributed by atoms with Crippen molar-refractivity contribution in [1.82, 2.24) is 25.2 Å². The molecule has 0 aromatic carbocycles. The van der Waals surface area contributed by atoms with E-state index in [1.54, 1.807) is 26.1 Å². The quantitative estimate of drug-likeness (QED) is 0.831. The van der Waals surface area contributed by atoms with Gasteiger partial charge >= 0.3 is 0 Å². The highest BCUT2D eigenvalue weighted by Gasteiger charge is 2.24. The summed E-state index contributed by atoms with van der Waals surface area (Å²) in [4.78, 5) is 26.6. The number of hydrogen-bond acceptors (Lipinski definition) is 6. The molecule has 1 amide bonds. The van der Waals surface area contributed by atoms with Crippen LogP contribution in [0.25, 0.3) is 0 Å². The number of nitrogens with zero attached hydrogens (tertiary/aromatic N) is 4. The fraction of sp³-hybridized carbons (Fsp3) is 0.556. The highest BCUT2D eigenvalue weighted by Crippen LogP contribution is 2.17. The molecule has 1 unspecified atom stereocenters. The van der Waals surface area contributed by atoms with Crippen LogP contribution in [-0.4, -0.2) is 51.4 Å². The maximum atomic E-state index is 12.4. The third-order valence-electron chi connectivity index (χ3n) is 4.89. The van der Waals surface area contributed by atoms with Crippen LogP contribution >= 0.6 is 0 Å². The zero-order valence-corrected chi connectivity index (χ0v) is 15.3. The number of likely N-dealkylation sites (tertiary alicyclic amines) is 1. The molecule has 3 rings (SSSR count). The molecule has 0 aliphatic carbocycles. The summed E-state index contributed by atoms with van der Waals surface area (Å²) in [6, 6.07) is 3.42. The second-order valence-corrected chi connectivity index (χ2v) is 6.68. The second kappa shape index (κ2) is 8.27. The van der Waals surface area contributed by atoms with Gasteiger partial charge in [0.05, 0.1) is 12.2 Å². The van der Waals surface area contributed by atoms with E-state index in [2.05, 4.69) is 20.5 Å². The molecule has 1 fully saturated rings. The molecule has 0 saturated carbocycles. The van der Waals surface area contributed by atoms with E-state index in [0.29, 0.717) is 30.1 Å². The first-order chi connectivity index (χ1) is 12.6. The van der Waals surface area contributed by atoms with Crippen LogP contribution in [0.5, 0.6) is 0 Å². The van der Waals surface area contributed by atoms with Crippen molar-refractivity contribution in [2.45, 2.75) is 45.7 Å². The lowest BCUT2D eigenvalue weighted by Crippen LogP contribution is -2.48. The van der Waals surface area contributed by atoms with Crippen molar-refractivity contribution < 1.29 is 9.32 Å². The minimum Gasteiger partial charge on any atom is -0.361 e. The van der Waals surface area contributed by atoms with Crippen molar-refractivity contribution in [3.63, 3.8) is 0 Å². The molecule has 8 heteroatoms. The number of piperidine rings is 1. The Hall–Kier alpha value is -2.48. The number of carbonyl (C=O) groups excluding carboxylic acids is 1. The van der Waals surface area contributed by atoms with Gasteiger partial charge in [-0.1, -0.05) is 11.6 Å². The van der Waals surface area contributed by atoms with Crippen LogP contribution in [0.3, 0.4) is 0 Å². The molecule has 1 N–H and O–H groups in total. The molecule has 0 radical (unpaired) electrons. The Kier molecular flexibility index (Phi) is 5.82. The van der Waals surface area contributed by atoms with Gasteiger partial charge in [-0.15, -0.1) is 0 Å². The lowest BCUT2D eigenvalue weighted by molar-refractivity contribution is 0.0907.